The standard InChI is InChI=1S/C11H6N6/c12-11-16-7-5-2-1-3-13-6(5)8-9(10(7)17-11)15-4-14-8/h1-4,12-13H. The van der Waals surface area contributed by atoms with E-state index in [1.807, 2.05) is 18.3 Å². The molecule has 0 bridgehead atoms. The van der Waals surface area contributed by atoms with E-state index in [1.165, 1.54) is 6.33 Å². The molecule has 0 radical (unpaired) electrons. The van der Waals surface area contributed by atoms with Crippen molar-refractivity contribution in [2.24, 2.45) is 9.98 Å². The molecule has 1 aromatic carbocycles. The summed E-state index contributed by atoms with van der Waals surface area (Å²) >= 11 is 0. The number of rotatable bonds is 0. The minimum atomic E-state index is 0.0145. The van der Waals surface area contributed by atoms with Gasteiger partial charge in [0.1, 0.15) is 28.1 Å². The van der Waals surface area contributed by atoms with Crippen LogP contribution in [0.15, 0.2) is 34.6 Å². The number of guanidine groups is 1. The van der Waals surface area contributed by atoms with Gasteiger partial charge in [0.05, 0.1) is 5.52 Å². The lowest BCUT2D eigenvalue weighted by Gasteiger charge is -1.97. The van der Waals surface area contributed by atoms with Crippen LogP contribution >= 0.6 is 0 Å². The number of pyridine rings is 1. The van der Waals surface area contributed by atoms with E-state index in [1.54, 1.807) is 0 Å². The second-order valence-corrected chi connectivity index (χ2v) is 3.77. The van der Waals surface area contributed by atoms with Crippen molar-refractivity contribution >= 4 is 27.9 Å². The smallest absolute Gasteiger partial charge is 0.243 e. The molecule has 0 atom stereocenters. The summed E-state index contributed by atoms with van der Waals surface area (Å²) in [6.07, 6.45) is 3.34. The van der Waals surface area contributed by atoms with Gasteiger partial charge in [0, 0.05) is 11.6 Å². The summed E-state index contributed by atoms with van der Waals surface area (Å²) in [7, 11) is 0. The maximum absolute atomic E-state index is 7.55. The van der Waals surface area contributed by atoms with Crippen LogP contribution in [-0.4, -0.2) is 20.9 Å². The Morgan fingerprint density at radius 2 is 1.88 bits per heavy atom. The molecular formula is C11H6N6. The molecule has 2 aromatic heterocycles. The molecule has 3 aromatic rings. The van der Waals surface area contributed by atoms with E-state index in [0.29, 0.717) is 16.2 Å². The number of H-pyrrole nitrogens is 1. The molecule has 1 aliphatic rings. The van der Waals surface area contributed by atoms with Crippen LogP contribution in [0, 0.1) is 5.41 Å². The number of aromatic amines is 1. The summed E-state index contributed by atoms with van der Waals surface area (Å²) in [5, 5.41) is 9.82. The number of hydrogen-bond donors (Lipinski definition) is 2. The van der Waals surface area contributed by atoms with Crippen LogP contribution in [0.25, 0.3) is 21.9 Å². The molecule has 1 aliphatic heterocycles. The number of fused-ring (bicyclic) bond motifs is 6. The maximum Gasteiger partial charge on any atom is 0.243 e. The van der Waals surface area contributed by atoms with Crippen LogP contribution in [0.3, 0.4) is 0 Å². The Kier molecular flexibility index (Phi) is 1.37. The van der Waals surface area contributed by atoms with Crippen molar-refractivity contribution in [2.75, 3.05) is 0 Å². The van der Waals surface area contributed by atoms with E-state index in [4.69, 9.17) is 5.41 Å². The first kappa shape index (κ1) is 8.51. The van der Waals surface area contributed by atoms with E-state index in [0.717, 1.165) is 16.4 Å². The van der Waals surface area contributed by atoms with E-state index in [2.05, 4.69) is 24.9 Å². The van der Waals surface area contributed by atoms with Gasteiger partial charge in [-0.05, 0) is 12.1 Å². The summed E-state index contributed by atoms with van der Waals surface area (Å²) < 4.78 is 0. The number of hydrogen-bond acceptors (Lipinski definition) is 3. The average Bonchev–Trinajstić information content (AvgIpc) is 2.94. The number of nitrogens with zero attached hydrogens (tertiary/aromatic N) is 4. The molecule has 2 N–H and O–H groups in total. The van der Waals surface area contributed by atoms with Gasteiger partial charge in [0.25, 0.3) is 0 Å². The number of nitrogens with one attached hydrogen (secondary N) is 2. The van der Waals surface area contributed by atoms with Crippen molar-refractivity contribution in [3.8, 4) is 0 Å². The van der Waals surface area contributed by atoms with Crippen LogP contribution in [0.5, 0.6) is 0 Å². The summed E-state index contributed by atoms with van der Waals surface area (Å²) in [4.78, 5) is 19.8. The summed E-state index contributed by atoms with van der Waals surface area (Å²) in [6.45, 7) is 0. The number of benzene rings is 1. The molecule has 0 saturated carbocycles. The van der Waals surface area contributed by atoms with Crippen LogP contribution in [0.2, 0.25) is 0 Å². The third-order valence-corrected chi connectivity index (χ3v) is 2.83. The monoisotopic (exact) mass is 222 g/mol. The predicted octanol–water partition coefficient (Wildman–Crippen LogP) is 0.299. The zero-order valence-electron chi connectivity index (χ0n) is 8.60. The van der Waals surface area contributed by atoms with Gasteiger partial charge in [0.15, 0.2) is 0 Å². The first-order valence-electron chi connectivity index (χ1n) is 5.10. The molecule has 0 amide bonds. The molecule has 0 spiro atoms. The van der Waals surface area contributed by atoms with Gasteiger partial charge in [-0.1, -0.05) is 0 Å². The highest BCUT2D eigenvalue weighted by Gasteiger charge is 2.14. The van der Waals surface area contributed by atoms with Gasteiger partial charge in [-0.15, -0.1) is 0 Å². The Morgan fingerprint density at radius 3 is 2.82 bits per heavy atom. The normalized spacial score (nSPS) is 13.8. The molecule has 0 saturated heterocycles. The minimum Gasteiger partial charge on any atom is -0.359 e. The van der Waals surface area contributed by atoms with Crippen molar-refractivity contribution in [2.45, 2.75) is 0 Å². The van der Waals surface area contributed by atoms with Crippen molar-refractivity contribution in [1.82, 2.24) is 15.0 Å². The Balaban J connectivity index is 2.51. The Bertz CT molecular complexity index is 905. The molecule has 17 heavy (non-hydrogen) atoms. The first-order valence-corrected chi connectivity index (χ1v) is 5.10. The first-order chi connectivity index (χ1) is 8.34. The van der Waals surface area contributed by atoms with E-state index >= 15 is 0 Å². The molecule has 6 nitrogen and oxygen atoms in total. The highest BCUT2D eigenvalue weighted by molar-refractivity contribution is 6.02. The highest BCUT2D eigenvalue weighted by Crippen LogP contribution is 2.14. The van der Waals surface area contributed by atoms with Gasteiger partial charge < -0.3 is 4.98 Å². The summed E-state index contributed by atoms with van der Waals surface area (Å²) in [5.41, 5.74) is 2.35. The van der Waals surface area contributed by atoms with Crippen molar-refractivity contribution in [3.63, 3.8) is 0 Å². The van der Waals surface area contributed by atoms with Crippen molar-refractivity contribution < 1.29 is 0 Å². The van der Waals surface area contributed by atoms with Crippen LogP contribution < -0.4 is 10.7 Å². The van der Waals surface area contributed by atoms with Gasteiger partial charge in [-0.25, -0.2) is 20.0 Å². The van der Waals surface area contributed by atoms with Crippen molar-refractivity contribution in [1.29, 1.82) is 5.41 Å². The fourth-order valence-electron chi connectivity index (χ4n) is 2.15. The van der Waals surface area contributed by atoms with Crippen molar-refractivity contribution in [3.05, 3.63) is 35.4 Å². The Morgan fingerprint density at radius 1 is 1.06 bits per heavy atom. The van der Waals surface area contributed by atoms with Gasteiger partial charge >= 0.3 is 0 Å². The average molecular weight is 222 g/mol. The predicted molar refractivity (Wildman–Crippen MR) is 61.4 cm³/mol. The molecule has 0 fully saturated rings. The summed E-state index contributed by atoms with van der Waals surface area (Å²) in [6, 6.07) is 3.83. The third-order valence-electron chi connectivity index (χ3n) is 2.83. The second kappa shape index (κ2) is 2.73. The molecule has 4 rings (SSSR count). The Labute approximate surface area is 94.3 Å². The lowest BCUT2D eigenvalue weighted by molar-refractivity contribution is 1.33. The van der Waals surface area contributed by atoms with Gasteiger partial charge in [-0.3, -0.25) is 5.41 Å². The molecule has 80 valence electrons. The topological polar surface area (TPSA) is 90.1 Å². The molecule has 0 aliphatic carbocycles. The second-order valence-electron chi connectivity index (χ2n) is 3.77. The maximum atomic E-state index is 7.55. The van der Waals surface area contributed by atoms with E-state index < -0.39 is 0 Å². The van der Waals surface area contributed by atoms with Crippen LogP contribution in [-0.2, 0) is 0 Å². The van der Waals surface area contributed by atoms with Crippen LogP contribution in [0.1, 0.15) is 0 Å². The largest absolute Gasteiger partial charge is 0.359 e. The quantitative estimate of drug-likeness (QED) is 0.572. The zero-order valence-corrected chi connectivity index (χ0v) is 8.60. The Hall–Kier alpha value is -2.63. The lowest BCUT2D eigenvalue weighted by Crippen LogP contribution is -2.24. The van der Waals surface area contributed by atoms with Gasteiger partial charge in [0.2, 0.25) is 5.96 Å². The zero-order chi connectivity index (χ0) is 11.4. The molecular weight excluding hydrogens is 216 g/mol. The number of aromatic nitrogens is 3. The summed E-state index contributed by atoms with van der Waals surface area (Å²) in [5.74, 6) is 0.0145. The fourth-order valence-corrected chi connectivity index (χ4v) is 2.15. The fraction of sp³-hybridized carbons (Fsp3) is 0. The van der Waals surface area contributed by atoms with Gasteiger partial charge in [-0.2, -0.15) is 0 Å². The number of imidazole rings is 1. The molecule has 6 heteroatoms. The van der Waals surface area contributed by atoms with E-state index in [9.17, 15) is 0 Å². The molecule has 0 unspecified atom stereocenters. The SMILES string of the molecule is N=C1N=c2c(c3ncnc3c3[nH]cccc23)=N1. The van der Waals surface area contributed by atoms with E-state index in [-0.39, 0.29) is 5.96 Å². The highest BCUT2D eigenvalue weighted by atomic mass is 15.1. The third kappa shape index (κ3) is 0.963. The molecule has 3 heterocycles. The minimum absolute atomic E-state index is 0.0145. The van der Waals surface area contributed by atoms with Crippen LogP contribution in [0.4, 0.5) is 0 Å². The lowest BCUT2D eigenvalue weighted by atomic mass is 10.1.